The van der Waals surface area contributed by atoms with Crippen molar-refractivity contribution in [2.45, 2.75) is 36.3 Å². The number of rotatable bonds is 4. The molecular formula is C18H28N2S2. The zero-order valence-corrected chi connectivity index (χ0v) is 15.5. The molecule has 1 atom stereocenters. The van der Waals surface area contributed by atoms with Crippen LogP contribution in [-0.2, 0) is 0 Å². The molecule has 0 aliphatic carbocycles. The highest BCUT2D eigenvalue weighted by atomic mass is 32.2. The van der Waals surface area contributed by atoms with Gasteiger partial charge in [0, 0.05) is 19.8 Å². The molecule has 0 radical (unpaired) electrons. The zero-order chi connectivity index (χ0) is 15.4. The van der Waals surface area contributed by atoms with Gasteiger partial charge in [0.15, 0.2) is 0 Å². The number of piperidine rings is 1. The van der Waals surface area contributed by atoms with Gasteiger partial charge in [0.25, 0.3) is 0 Å². The monoisotopic (exact) mass is 336 g/mol. The molecule has 0 amide bonds. The lowest BCUT2D eigenvalue weighted by Gasteiger charge is -2.40. The summed E-state index contributed by atoms with van der Waals surface area (Å²) in [4.78, 5) is 4.94. The van der Waals surface area contributed by atoms with Crippen LogP contribution in [0.1, 0.15) is 37.3 Å². The molecule has 2 saturated heterocycles. The molecule has 1 aromatic carbocycles. The summed E-state index contributed by atoms with van der Waals surface area (Å²) in [7, 11) is 4.23. The number of thioether (sulfide) groups is 2. The van der Waals surface area contributed by atoms with Crippen LogP contribution in [0, 0.1) is 0 Å². The SMILES string of the molecule is CN(C)c1ccc(C(C2SCCCS2)N2CCCCC2)cc1. The fourth-order valence-corrected chi connectivity index (χ4v) is 6.65. The van der Waals surface area contributed by atoms with E-state index in [4.69, 9.17) is 0 Å². The molecule has 2 aliphatic rings. The Morgan fingerprint density at radius 1 is 0.955 bits per heavy atom. The lowest BCUT2D eigenvalue weighted by molar-refractivity contribution is 0.173. The van der Waals surface area contributed by atoms with Crippen molar-refractivity contribution in [3.05, 3.63) is 29.8 Å². The molecule has 3 rings (SSSR count). The van der Waals surface area contributed by atoms with E-state index in [2.05, 4.69) is 71.7 Å². The van der Waals surface area contributed by atoms with Gasteiger partial charge in [0.05, 0.1) is 10.6 Å². The Hall–Kier alpha value is -0.320. The van der Waals surface area contributed by atoms with E-state index in [9.17, 15) is 0 Å². The predicted octanol–water partition coefficient (Wildman–Crippen LogP) is 4.48. The maximum Gasteiger partial charge on any atom is 0.0699 e. The molecule has 0 N–H and O–H groups in total. The topological polar surface area (TPSA) is 6.48 Å². The third-order valence-corrected chi connectivity index (χ3v) is 7.68. The van der Waals surface area contributed by atoms with Crippen molar-refractivity contribution in [2.24, 2.45) is 0 Å². The van der Waals surface area contributed by atoms with Crippen molar-refractivity contribution < 1.29 is 0 Å². The predicted molar refractivity (Wildman–Crippen MR) is 102 cm³/mol. The fourth-order valence-electron chi connectivity index (χ4n) is 3.39. The van der Waals surface area contributed by atoms with Crippen LogP contribution in [0.5, 0.6) is 0 Å². The molecule has 1 aromatic rings. The zero-order valence-electron chi connectivity index (χ0n) is 13.8. The Bertz CT molecular complexity index is 431. The highest BCUT2D eigenvalue weighted by Gasteiger charge is 2.31. The van der Waals surface area contributed by atoms with Gasteiger partial charge in [0.1, 0.15) is 0 Å². The highest BCUT2D eigenvalue weighted by molar-refractivity contribution is 8.17. The van der Waals surface area contributed by atoms with Crippen LogP contribution in [0.15, 0.2) is 24.3 Å². The first-order valence-corrected chi connectivity index (χ1v) is 10.6. The Balaban J connectivity index is 1.82. The van der Waals surface area contributed by atoms with Crippen LogP contribution in [-0.4, -0.2) is 48.2 Å². The minimum absolute atomic E-state index is 0.590. The summed E-state index contributed by atoms with van der Waals surface area (Å²) in [6.45, 7) is 2.55. The molecule has 4 heteroatoms. The van der Waals surface area contributed by atoms with E-state index in [1.165, 1.54) is 61.5 Å². The quantitative estimate of drug-likeness (QED) is 0.799. The summed E-state index contributed by atoms with van der Waals surface area (Å²) in [6, 6.07) is 9.88. The summed E-state index contributed by atoms with van der Waals surface area (Å²) in [6.07, 6.45) is 5.52. The maximum atomic E-state index is 2.75. The Labute approximate surface area is 144 Å². The molecule has 22 heavy (non-hydrogen) atoms. The number of hydrogen-bond acceptors (Lipinski definition) is 4. The lowest BCUT2D eigenvalue weighted by Crippen LogP contribution is -2.38. The third-order valence-electron chi connectivity index (χ3n) is 4.65. The number of anilines is 1. The van der Waals surface area contributed by atoms with Crippen LogP contribution in [0.2, 0.25) is 0 Å². The Kier molecular flexibility index (Phi) is 6.00. The largest absolute Gasteiger partial charge is 0.378 e. The van der Waals surface area contributed by atoms with Crippen molar-refractivity contribution in [1.29, 1.82) is 0 Å². The van der Waals surface area contributed by atoms with E-state index < -0.39 is 0 Å². The van der Waals surface area contributed by atoms with E-state index in [0.717, 1.165) is 0 Å². The second-order valence-corrected chi connectivity index (χ2v) is 9.29. The molecule has 0 saturated carbocycles. The van der Waals surface area contributed by atoms with Gasteiger partial charge in [-0.3, -0.25) is 4.90 Å². The van der Waals surface area contributed by atoms with Gasteiger partial charge in [-0.05, 0) is 61.6 Å². The number of benzene rings is 1. The molecule has 2 fully saturated rings. The summed E-state index contributed by atoms with van der Waals surface area (Å²) < 4.78 is 0.706. The second-order valence-electron chi connectivity index (χ2n) is 6.49. The molecule has 2 heterocycles. The van der Waals surface area contributed by atoms with Gasteiger partial charge in [0.2, 0.25) is 0 Å². The van der Waals surface area contributed by atoms with Crippen molar-refractivity contribution in [1.82, 2.24) is 4.90 Å². The molecule has 1 unspecified atom stereocenters. The van der Waals surface area contributed by atoms with Crippen molar-refractivity contribution in [3.8, 4) is 0 Å². The van der Waals surface area contributed by atoms with Gasteiger partial charge in [-0.25, -0.2) is 0 Å². The number of likely N-dealkylation sites (tertiary alicyclic amines) is 1. The van der Waals surface area contributed by atoms with E-state index in [0.29, 0.717) is 10.6 Å². The van der Waals surface area contributed by atoms with Gasteiger partial charge in [-0.1, -0.05) is 18.6 Å². The molecule has 2 nitrogen and oxygen atoms in total. The number of hydrogen-bond donors (Lipinski definition) is 0. The highest BCUT2D eigenvalue weighted by Crippen LogP contribution is 2.43. The fraction of sp³-hybridized carbons (Fsp3) is 0.667. The number of nitrogens with zero attached hydrogens (tertiary/aromatic N) is 2. The molecule has 0 bridgehead atoms. The van der Waals surface area contributed by atoms with E-state index >= 15 is 0 Å². The van der Waals surface area contributed by atoms with Gasteiger partial charge in [-0.15, -0.1) is 23.5 Å². The molecule has 122 valence electrons. The molecular weight excluding hydrogens is 308 g/mol. The van der Waals surface area contributed by atoms with Crippen molar-refractivity contribution in [3.63, 3.8) is 0 Å². The summed E-state index contributed by atoms with van der Waals surface area (Å²) >= 11 is 4.36. The minimum atomic E-state index is 0.590. The van der Waals surface area contributed by atoms with E-state index in [1.807, 2.05) is 0 Å². The Morgan fingerprint density at radius 2 is 1.59 bits per heavy atom. The van der Waals surface area contributed by atoms with Crippen LogP contribution < -0.4 is 4.90 Å². The van der Waals surface area contributed by atoms with E-state index in [-0.39, 0.29) is 0 Å². The third kappa shape index (κ3) is 3.95. The summed E-state index contributed by atoms with van der Waals surface area (Å²) in [5.74, 6) is 2.66. The standard InChI is InChI=1S/C18H28N2S2/c1-19(2)16-9-7-15(8-10-16)17(18-21-13-6-14-22-18)20-11-4-3-5-12-20/h7-10,17-18H,3-6,11-14H2,1-2H3. The van der Waals surface area contributed by atoms with Crippen LogP contribution >= 0.6 is 23.5 Å². The van der Waals surface area contributed by atoms with Crippen molar-refractivity contribution >= 4 is 29.2 Å². The van der Waals surface area contributed by atoms with Crippen LogP contribution in [0.4, 0.5) is 5.69 Å². The second kappa shape index (κ2) is 7.98. The smallest absolute Gasteiger partial charge is 0.0699 e. The minimum Gasteiger partial charge on any atom is -0.378 e. The Morgan fingerprint density at radius 3 is 2.18 bits per heavy atom. The first kappa shape index (κ1) is 16.5. The molecule has 0 spiro atoms. The maximum absolute atomic E-state index is 2.75. The van der Waals surface area contributed by atoms with Crippen LogP contribution in [0.3, 0.4) is 0 Å². The van der Waals surface area contributed by atoms with Gasteiger partial charge >= 0.3 is 0 Å². The van der Waals surface area contributed by atoms with Gasteiger partial charge < -0.3 is 4.90 Å². The van der Waals surface area contributed by atoms with Crippen LogP contribution in [0.25, 0.3) is 0 Å². The lowest BCUT2D eigenvalue weighted by atomic mass is 10.0. The van der Waals surface area contributed by atoms with E-state index in [1.54, 1.807) is 0 Å². The summed E-state index contributed by atoms with van der Waals surface area (Å²) in [5.41, 5.74) is 2.81. The average molecular weight is 337 g/mol. The molecule has 2 aliphatic heterocycles. The molecule has 0 aromatic heterocycles. The normalized spacial score (nSPS) is 22.5. The van der Waals surface area contributed by atoms with Crippen molar-refractivity contribution in [2.75, 3.05) is 43.6 Å². The van der Waals surface area contributed by atoms with Gasteiger partial charge in [-0.2, -0.15) is 0 Å². The summed E-state index contributed by atoms with van der Waals surface area (Å²) in [5, 5.41) is 0. The first-order valence-electron chi connectivity index (χ1n) is 8.50. The average Bonchev–Trinajstić information content (AvgIpc) is 2.57. The first-order chi connectivity index (χ1) is 10.8.